The van der Waals surface area contributed by atoms with Gasteiger partial charge in [-0.25, -0.2) is 0 Å². The minimum atomic E-state index is -0.671. The summed E-state index contributed by atoms with van der Waals surface area (Å²) in [6.45, 7) is 5.68. The van der Waals surface area contributed by atoms with Crippen molar-refractivity contribution in [3.05, 3.63) is 48.0 Å². The van der Waals surface area contributed by atoms with E-state index in [4.69, 9.17) is 4.74 Å². The molecule has 1 heterocycles. The maximum absolute atomic E-state index is 11.9. The summed E-state index contributed by atoms with van der Waals surface area (Å²) in [5.74, 6) is 0.0164. The lowest BCUT2D eigenvalue weighted by Gasteiger charge is -2.18. The van der Waals surface area contributed by atoms with Gasteiger partial charge in [0, 0.05) is 12.5 Å². The molecule has 1 aliphatic rings. The molecule has 21 heavy (non-hydrogen) atoms. The average molecular weight is 289 g/mol. The second-order valence-corrected chi connectivity index (χ2v) is 5.59. The summed E-state index contributed by atoms with van der Waals surface area (Å²) in [5, 5.41) is 12.3. The van der Waals surface area contributed by atoms with Gasteiger partial charge in [0.2, 0.25) is 5.91 Å². The second-order valence-electron chi connectivity index (χ2n) is 5.59. The van der Waals surface area contributed by atoms with Gasteiger partial charge >= 0.3 is 0 Å². The number of rotatable bonds is 8. The van der Waals surface area contributed by atoms with Gasteiger partial charge in [-0.15, -0.1) is 6.58 Å². The maximum Gasteiger partial charge on any atom is 0.220 e. The van der Waals surface area contributed by atoms with Crippen LogP contribution in [0.3, 0.4) is 0 Å². The van der Waals surface area contributed by atoms with Crippen LogP contribution in [-0.2, 0) is 16.0 Å². The molecule has 0 aliphatic carbocycles. The minimum absolute atomic E-state index is 0.0164. The number of nitrogens with one attached hydrogen (secondary N) is 1. The van der Waals surface area contributed by atoms with Crippen molar-refractivity contribution >= 4 is 5.91 Å². The number of hydrogen-bond donors (Lipinski definition) is 2. The Labute approximate surface area is 125 Å². The first-order valence-corrected chi connectivity index (χ1v) is 7.38. The molecule has 1 aliphatic heterocycles. The average Bonchev–Trinajstić information content (AvgIpc) is 3.11. The van der Waals surface area contributed by atoms with E-state index in [9.17, 15) is 9.90 Å². The second kappa shape index (κ2) is 7.38. The van der Waals surface area contributed by atoms with Gasteiger partial charge in [-0.05, 0) is 31.7 Å². The lowest BCUT2D eigenvalue weighted by atomic mass is 10.00. The largest absolute Gasteiger partial charge is 0.366 e. The van der Waals surface area contributed by atoms with E-state index >= 15 is 0 Å². The molecule has 1 aromatic rings. The van der Waals surface area contributed by atoms with Crippen molar-refractivity contribution in [1.82, 2.24) is 5.32 Å². The summed E-state index contributed by atoms with van der Waals surface area (Å²) in [5.41, 5.74) is 2.38. The fraction of sp³-hybridized carbons (Fsp3) is 0.471. The molecule has 2 rings (SSSR count). The van der Waals surface area contributed by atoms with Crippen LogP contribution in [0.1, 0.15) is 30.4 Å². The van der Waals surface area contributed by atoms with E-state index in [1.54, 1.807) is 6.08 Å². The van der Waals surface area contributed by atoms with Gasteiger partial charge in [0.05, 0.1) is 0 Å². The molecule has 0 bridgehead atoms. The fourth-order valence-electron chi connectivity index (χ4n) is 2.44. The maximum atomic E-state index is 11.9. The van der Waals surface area contributed by atoms with Crippen LogP contribution in [-0.4, -0.2) is 29.4 Å². The number of epoxide rings is 1. The van der Waals surface area contributed by atoms with Gasteiger partial charge < -0.3 is 15.2 Å². The van der Waals surface area contributed by atoms with Crippen LogP contribution in [0, 0.1) is 6.92 Å². The van der Waals surface area contributed by atoms with Crippen molar-refractivity contribution in [3.8, 4) is 0 Å². The summed E-state index contributed by atoms with van der Waals surface area (Å²) < 4.78 is 5.06. The molecule has 1 aromatic carbocycles. The highest BCUT2D eigenvalue weighted by Gasteiger charge is 2.38. The van der Waals surface area contributed by atoms with E-state index in [1.807, 2.05) is 6.07 Å². The number of carbonyl (C=O) groups is 1. The molecule has 4 heteroatoms. The highest BCUT2D eigenvalue weighted by Crippen LogP contribution is 2.25. The molecular weight excluding hydrogens is 266 g/mol. The Bertz CT molecular complexity index is 501. The standard InChI is InChI=1S/C17H23NO3/c1-3-4-8-16(19)18-14(11-15-17(20)21-15)10-13-7-5-6-12(2)9-13/h3,5-7,9,14-15,17,20H,1,4,8,10-11H2,2H3,(H,18,19). The summed E-state index contributed by atoms with van der Waals surface area (Å²) >= 11 is 0. The molecule has 0 aromatic heterocycles. The van der Waals surface area contributed by atoms with E-state index < -0.39 is 6.29 Å². The van der Waals surface area contributed by atoms with Crippen molar-refractivity contribution in [2.45, 2.75) is 51.0 Å². The molecule has 2 N–H and O–H groups in total. The monoisotopic (exact) mass is 289 g/mol. The van der Waals surface area contributed by atoms with E-state index in [1.165, 1.54) is 11.1 Å². The lowest BCUT2D eigenvalue weighted by Crippen LogP contribution is -2.37. The molecule has 1 saturated heterocycles. The molecule has 3 atom stereocenters. The van der Waals surface area contributed by atoms with Crippen LogP contribution in [0.2, 0.25) is 0 Å². The summed E-state index contributed by atoms with van der Waals surface area (Å²) in [6.07, 6.45) is 3.41. The van der Waals surface area contributed by atoms with Crippen LogP contribution in [0.5, 0.6) is 0 Å². The topological polar surface area (TPSA) is 61.9 Å². The SMILES string of the molecule is C=CCCC(=O)NC(Cc1cccc(C)c1)CC1OC1O. The smallest absolute Gasteiger partial charge is 0.220 e. The molecule has 1 amide bonds. The zero-order valence-corrected chi connectivity index (χ0v) is 12.4. The Morgan fingerprint density at radius 1 is 1.57 bits per heavy atom. The first kappa shape index (κ1) is 15.7. The first-order valence-electron chi connectivity index (χ1n) is 7.38. The zero-order valence-electron chi connectivity index (χ0n) is 12.4. The van der Waals surface area contributed by atoms with E-state index in [-0.39, 0.29) is 18.1 Å². The lowest BCUT2D eigenvalue weighted by molar-refractivity contribution is -0.121. The van der Waals surface area contributed by atoms with Crippen LogP contribution in [0.15, 0.2) is 36.9 Å². The molecule has 0 saturated carbocycles. The predicted octanol–water partition coefficient (Wildman–Crippen LogP) is 2.10. The number of allylic oxidation sites excluding steroid dienone is 1. The van der Waals surface area contributed by atoms with Gasteiger partial charge in [0.15, 0.2) is 6.29 Å². The molecule has 0 radical (unpaired) electrons. The minimum Gasteiger partial charge on any atom is -0.366 e. The Hall–Kier alpha value is -1.65. The quantitative estimate of drug-likeness (QED) is 0.569. The van der Waals surface area contributed by atoms with Crippen molar-refractivity contribution in [2.24, 2.45) is 0 Å². The Morgan fingerprint density at radius 3 is 2.95 bits per heavy atom. The summed E-state index contributed by atoms with van der Waals surface area (Å²) in [6, 6.07) is 8.22. The van der Waals surface area contributed by atoms with Gasteiger partial charge in [0.1, 0.15) is 6.10 Å². The number of benzene rings is 1. The van der Waals surface area contributed by atoms with Crippen LogP contribution in [0.25, 0.3) is 0 Å². The van der Waals surface area contributed by atoms with Crippen molar-refractivity contribution in [2.75, 3.05) is 0 Å². The van der Waals surface area contributed by atoms with E-state index in [0.717, 1.165) is 6.42 Å². The van der Waals surface area contributed by atoms with Gasteiger partial charge in [-0.1, -0.05) is 35.9 Å². The third-order valence-electron chi connectivity index (χ3n) is 3.58. The van der Waals surface area contributed by atoms with Crippen LogP contribution >= 0.6 is 0 Å². The number of aryl methyl sites for hydroxylation is 1. The highest BCUT2D eigenvalue weighted by atomic mass is 16.7. The van der Waals surface area contributed by atoms with E-state index in [2.05, 4.69) is 37.0 Å². The number of hydrogen-bond acceptors (Lipinski definition) is 3. The molecule has 1 fully saturated rings. The number of aliphatic hydroxyl groups is 1. The molecule has 114 valence electrons. The zero-order chi connectivity index (χ0) is 15.2. The Kier molecular flexibility index (Phi) is 5.53. The number of ether oxygens (including phenoxy) is 1. The van der Waals surface area contributed by atoms with E-state index in [0.29, 0.717) is 19.3 Å². The van der Waals surface area contributed by atoms with Crippen LogP contribution < -0.4 is 5.32 Å². The molecule has 3 unspecified atom stereocenters. The van der Waals surface area contributed by atoms with Crippen molar-refractivity contribution < 1.29 is 14.6 Å². The number of aliphatic hydroxyl groups excluding tert-OH is 1. The molecule has 4 nitrogen and oxygen atoms in total. The fourth-order valence-corrected chi connectivity index (χ4v) is 2.44. The van der Waals surface area contributed by atoms with Gasteiger partial charge in [0.25, 0.3) is 0 Å². The highest BCUT2D eigenvalue weighted by molar-refractivity contribution is 5.76. The Balaban J connectivity index is 1.94. The first-order chi connectivity index (χ1) is 10.1. The van der Waals surface area contributed by atoms with Crippen molar-refractivity contribution in [1.29, 1.82) is 0 Å². The van der Waals surface area contributed by atoms with Gasteiger partial charge in [-0.2, -0.15) is 0 Å². The Morgan fingerprint density at radius 2 is 2.33 bits per heavy atom. The molecular formula is C17H23NO3. The predicted molar refractivity (Wildman–Crippen MR) is 81.7 cm³/mol. The third kappa shape index (κ3) is 5.33. The van der Waals surface area contributed by atoms with Crippen LogP contribution in [0.4, 0.5) is 0 Å². The van der Waals surface area contributed by atoms with Gasteiger partial charge in [-0.3, -0.25) is 4.79 Å². The molecule has 0 spiro atoms. The number of carbonyl (C=O) groups excluding carboxylic acids is 1. The third-order valence-corrected chi connectivity index (χ3v) is 3.58. The van der Waals surface area contributed by atoms with Crippen molar-refractivity contribution in [3.63, 3.8) is 0 Å². The normalized spacial score (nSPS) is 21.6. The number of amides is 1. The summed E-state index contributed by atoms with van der Waals surface area (Å²) in [4.78, 5) is 11.9. The summed E-state index contributed by atoms with van der Waals surface area (Å²) in [7, 11) is 0.